The van der Waals surface area contributed by atoms with Gasteiger partial charge in [-0.2, -0.15) is 0 Å². The number of anilines is 1. The van der Waals surface area contributed by atoms with Gasteiger partial charge in [0.1, 0.15) is 11.3 Å². The van der Waals surface area contributed by atoms with E-state index in [9.17, 15) is 9.90 Å². The van der Waals surface area contributed by atoms with Crippen LogP contribution in [-0.2, 0) is 6.54 Å². The summed E-state index contributed by atoms with van der Waals surface area (Å²) in [5.74, 6) is 0.129. The molecule has 0 aliphatic rings. The van der Waals surface area contributed by atoms with Crippen LogP contribution in [0.5, 0.6) is 5.75 Å². The van der Waals surface area contributed by atoms with Gasteiger partial charge < -0.3 is 14.4 Å². The first-order valence-corrected chi connectivity index (χ1v) is 7.08. The highest BCUT2D eigenvalue weighted by Gasteiger charge is 2.12. The molecule has 112 valence electrons. The molecule has 1 N–H and O–H groups in total. The lowest BCUT2D eigenvalue weighted by Gasteiger charge is -2.20. The highest BCUT2D eigenvalue weighted by molar-refractivity contribution is 5.85. The standard InChI is InChI=1S/C18H17NO3/c1-12-16(20)9-8-15-13(10-17(21)22-18(12)15)11-19(2)14-6-4-3-5-7-14/h3-10,20H,11H2,1-2H3. The maximum absolute atomic E-state index is 11.8. The number of hydrogen-bond acceptors (Lipinski definition) is 4. The van der Waals surface area contributed by atoms with E-state index in [0.717, 1.165) is 16.6 Å². The van der Waals surface area contributed by atoms with Crippen LogP contribution in [0.3, 0.4) is 0 Å². The van der Waals surface area contributed by atoms with Gasteiger partial charge in [0.05, 0.1) is 0 Å². The molecule has 3 rings (SSSR count). The van der Waals surface area contributed by atoms with Crippen molar-refractivity contribution in [3.05, 3.63) is 70.1 Å². The van der Waals surface area contributed by atoms with E-state index in [1.54, 1.807) is 19.1 Å². The van der Waals surface area contributed by atoms with Crippen molar-refractivity contribution in [3.8, 4) is 5.75 Å². The fourth-order valence-corrected chi connectivity index (χ4v) is 2.58. The summed E-state index contributed by atoms with van der Waals surface area (Å²) in [7, 11) is 1.98. The summed E-state index contributed by atoms with van der Waals surface area (Å²) in [6, 6.07) is 14.9. The minimum absolute atomic E-state index is 0.129. The Balaban J connectivity index is 2.08. The predicted molar refractivity (Wildman–Crippen MR) is 87.4 cm³/mol. The normalized spacial score (nSPS) is 10.8. The summed E-state index contributed by atoms with van der Waals surface area (Å²) in [4.78, 5) is 13.9. The number of rotatable bonds is 3. The second-order valence-electron chi connectivity index (χ2n) is 5.37. The van der Waals surface area contributed by atoms with Gasteiger partial charge in [-0.15, -0.1) is 0 Å². The molecule has 0 spiro atoms. The Hall–Kier alpha value is -2.75. The van der Waals surface area contributed by atoms with Gasteiger partial charge in [-0.25, -0.2) is 4.79 Å². The summed E-state index contributed by atoms with van der Waals surface area (Å²) in [6.07, 6.45) is 0. The molecule has 4 nitrogen and oxygen atoms in total. The lowest BCUT2D eigenvalue weighted by molar-refractivity contribution is 0.468. The molecule has 1 heterocycles. The Morgan fingerprint density at radius 1 is 1.14 bits per heavy atom. The average Bonchev–Trinajstić information content (AvgIpc) is 2.52. The molecule has 0 fully saturated rings. The van der Waals surface area contributed by atoms with E-state index in [4.69, 9.17) is 4.42 Å². The van der Waals surface area contributed by atoms with Gasteiger partial charge in [-0.05, 0) is 36.8 Å². The smallest absolute Gasteiger partial charge is 0.336 e. The van der Waals surface area contributed by atoms with Gasteiger partial charge in [0.25, 0.3) is 0 Å². The van der Waals surface area contributed by atoms with Crippen molar-refractivity contribution < 1.29 is 9.52 Å². The summed E-state index contributed by atoms with van der Waals surface area (Å²) < 4.78 is 5.27. The van der Waals surface area contributed by atoms with Crippen LogP contribution in [0.4, 0.5) is 5.69 Å². The summed E-state index contributed by atoms with van der Waals surface area (Å²) >= 11 is 0. The third kappa shape index (κ3) is 2.55. The third-order valence-corrected chi connectivity index (χ3v) is 3.82. The molecule has 4 heteroatoms. The van der Waals surface area contributed by atoms with Crippen LogP contribution in [0.1, 0.15) is 11.1 Å². The fraction of sp³-hybridized carbons (Fsp3) is 0.167. The van der Waals surface area contributed by atoms with Crippen molar-refractivity contribution in [3.63, 3.8) is 0 Å². The number of aryl methyl sites for hydroxylation is 1. The Labute approximate surface area is 128 Å². The molecule has 0 radical (unpaired) electrons. The Morgan fingerprint density at radius 3 is 2.59 bits per heavy atom. The zero-order chi connectivity index (χ0) is 15.7. The Morgan fingerprint density at radius 2 is 1.86 bits per heavy atom. The summed E-state index contributed by atoms with van der Waals surface area (Å²) in [5.41, 5.74) is 2.57. The maximum atomic E-state index is 11.8. The molecule has 3 aromatic rings. The zero-order valence-corrected chi connectivity index (χ0v) is 12.5. The largest absolute Gasteiger partial charge is 0.508 e. The molecule has 0 saturated carbocycles. The van der Waals surface area contributed by atoms with E-state index in [0.29, 0.717) is 17.7 Å². The van der Waals surface area contributed by atoms with Crippen molar-refractivity contribution in [2.45, 2.75) is 13.5 Å². The molecule has 0 atom stereocenters. The second kappa shape index (κ2) is 5.56. The second-order valence-corrected chi connectivity index (χ2v) is 5.37. The minimum atomic E-state index is -0.405. The Bertz CT molecular complexity index is 869. The lowest BCUT2D eigenvalue weighted by Crippen LogP contribution is -2.17. The molecular formula is C18H17NO3. The average molecular weight is 295 g/mol. The van der Waals surface area contributed by atoms with Crippen LogP contribution in [-0.4, -0.2) is 12.2 Å². The van der Waals surface area contributed by atoms with Crippen LogP contribution in [0.15, 0.2) is 57.7 Å². The molecule has 0 unspecified atom stereocenters. The third-order valence-electron chi connectivity index (χ3n) is 3.82. The topological polar surface area (TPSA) is 53.7 Å². The SMILES string of the molecule is Cc1c(O)ccc2c(CN(C)c3ccccc3)cc(=O)oc12. The summed E-state index contributed by atoms with van der Waals surface area (Å²) in [6.45, 7) is 2.32. The van der Waals surface area contributed by atoms with E-state index < -0.39 is 5.63 Å². The van der Waals surface area contributed by atoms with Gasteiger partial charge in [0, 0.05) is 36.3 Å². The van der Waals surface area contributed by atoms with Crippen LogP contribution in [0, 0.1) is 6.92 Å². The van der Waals surface area contributed by atoms with Crippen LogP contribution in [0.2, 0.25) is 0 Å². The molecule has 0 amide bonds. The van der Waals surface area contributed by atoms with Gasteiger partial charge in [-0.3, -0.25) is 0 Å². The number of phenols is 1. The van der Waals surface area contributed by atoms with Crippen molar-refractivity contribution in [1.82, 2.24) is 0 Å². The van der Waals surface area contributed by atoms with Gasteiger partial charge >= 0.3 is 5.63 Å². The van der Waals surface area contributed by atoms with E-state index in [-0.39, 0.29) is 5.75 Å². The van der Waals surface area contributed by atoms with E-state index >= 15 is 0 Å². The molecule has 0 saturated heterocycles. The molecule has 0 aliphatic carbocycles. The monoisotopic (exact) mass is 295 g/mol. The number of hydrogen-bond donors (Lipinski definition) is 1. The van der Waals surface area contributed by atoms with Crippen LogP contribution < -0.4 is 10.5 Å². The lowest BCUT2D eigenvalue weighted by atomic mass is 10.1. The maximum Gasteiger partial charge on any atom is 0.336 e. The fourth-order valence-electron chi connectivity index (χ4n) is 2.58. The van der Waals surface area contributed by atoms with Crippen molar-refractivity contribution >= 4 is 16.7 Å². The van der Waals surface area contributed by atoms with Crippen molar-refractivity contribution in [2.24, 2.45) is 0 Å². The molecule has 1 aromatic heterocycles. The van der Waals surface area contributed by atoms with Crippen molar-refractivity contribution in [2.75, 3.05) is 11.9 Å². The number of para-hydroxylation sites is 1. The van der Waals surface area contributed by atoms with Crippen LogP contribution >= 0.6 is 0 Å². The quantitative estimate of drug-likeness (QED) is 0.752. The molecule has 2 aromatic carbocycles. The first-order valence-electron chi connectivity index (χ1n) is 7.08. The highest BCUT2D eigenvalue weighted by atomic mass is 16.4. The number of nitrogens with zero attached hydrogens (tertiary/aromatic N) is 1. The van der Waals surface area contributed by atoms with E-state index in [2.05, 4.69) is 4.90 Å². The number of aromatic hydroxyl groups is 1. The predicted octanol–water partition coefficient (Wildman–Crippen LogP) is 3.44. The molecular weight excluding hydrogens is 278 g/mol. The van der Waals surface area contributed by atoms with Gasteiger partial charge in [-0.1, -0.05) is 18.2 Å². The highest BCUT2D eigenvalue weighted by Crippen LogP contribution is 2.28. The number of benzene rings is 2. The van der Waals surface area contributed by atoms with E-state index in [1.807, 2.05) is 37.4 Å². The molecule has 22 heavy (non-hydrogen) atoms. The molecule has 0 aliphatic heterocycles. The summed E-state index contributed by atoms with van der Waals surface area (Å²) in [5, 5.41) is 10.6. The van der Waals surface area contributed by atoms with Crippen LogP contribution in [0.25, 0.3) is 11.0 Å². The molecule has 0 bridgehead atoms. The number of fused-ring (bicyclic) bond motifs is 1. The van der Waals surface area contributed by atoms with Crippen molar-refractivity contribution in [1.29, 1.82) is 0 Å². The minimum Gasteiger partial charge on any atom is -0.508 e. The first-order chi connectivity index (χ1) is 10.6. The van der Waals surface area contributed by atoms with E-state index in [1.165, 1.54) is 6.07 Å². The number of phenolic OH excluding ortho intramolecular Hbond substituents is 1. The van der Waals surface area contributed by atoms with Gasteiger partial charge in [0.2, 0.25) is 0 Å². The first kappa shape index (κ1) is 14.2. The Kier molecular flexibility index (Phi) is 3.59. The zero-order valence-electron chi connectivity index (χ0n) is 12.5. The van der Waals surface area contributed by atoms with Gasteiger partial charge in [0.15, 0.2) is 0 Å².